The van der Waals surface area contributed by atoms with Crippen molar-refractivity contribution in [1.29, 1.82) is 0 Å². The van der Waals surface area contributed by atoms with Crippen LogP contribution < -0.4 is 15.4 Å². The maximum Gasteiger partial charge on any atom is 0.422 e. The minimum absolute atomic E-state index is 0.00808. The number of imidazole rings is 1. The van der Waals surface area contributed by atoms with Gasteiger partial charge in [-0.15, -0.1) is 0 Å². The highest BCUT2D eigenvalue weighted by Crippen LogP contribution is 2.23. The highest BCUT2D eigenvalue weighted by atomic mass is 19.4. The monoisotopic (exact) mass is 518 g/mol. The Labute approximate surface area is 209 Å². The number of H-pyrrole nitrogens is 1. The number of aromatic amines is 1. The fourth-order valence-corrected chi connectivity index (χ4v) is 3.76. The summed E-state index contributed by atoms with van der Waals surface area (Å²) in [6.07, 6.45) is -4.54. The molecular formula is C23H25F3N8O3. The molecule has 0 bridgehead atoms. The number of morpholine rings is 1. The van der Waals surface area contributed by atoms with Crippen LogP contribution in [0.4, 0.5) is 30.8 Å². The molecule has 0 atom stereocenters. The second-order valence-electron chi connectivity index (χ2n) is 8.46. The Bertz CT molecular complexity index is 1350. The summed E-state index contributed by atoms with van der Waals surface area (Å²) in [6.45, 7) is 4.27. The lowest BCUT2D eigenvalue weighted by Gasteiger charge is -2.25. The van der Waals surface area contributed by atoms with E-state index in [0.29, 0.717) is 31.2 Å². The molecule has 1 aliphatic rings. The van der Waals surface area contributed by atoms with Gasteiger partial charge < -0.3 is 29.5 Å². The number of hydrogen-bond acceptors (Lipinski definition) is 10. The highest BCUT2D eigenvalue weighted by Gasteiger charge is 2.29. The Balaban J connectivity index is 1.33. The molecule has 37 heavy (non-hydrogen) atoms. The summed E-state index contributed by atoms with van der Waals surface area (Å²) in [7, 11) is 0. The van der Waals surface area contributed by atoms with Crippen LogP contribution in [0.2, 0.25) is 0 Å². The second-order valence-corrected chi connectivity index (χ2v) is 8.46. The maximum atomic E-state index is 12.7. The number of aromatic nitrogens is 5. The lowest BCUT2D eigenvalue weighted by atomic mass is 10.3. The third kappa shape index (κ3) is 6.86. The molecule has 0 spiro atoms. The SMILES string of the molecule is Cc1ccc(CNc2nc(Nc3ccc4[nH]c(CN5CCOCC5)nc4c3)nc(OCC(F)(F)F)n2)o1. The molecule has 4 aromatic rings. The number of furan rings is 1. The molecule has 0 saturated carbocycles. The van der Waals surface area contributed by atoms with Gasteiger partial charge >= 0.3 is 12.2 Å². The molecule has 0 amide bonds. The van der Waals surface area contributed by atoms with Gasteiger partial charge in [0.05, 0.1) is 37.3 Å². The number of nitrogens with zero attached hydrogens (tertiary/aromatic N) is 5. The average molecular weight is 519 g/mol. The summed E-state index contributed by atoms with van der Waals surface area (Å²) in [5, 5.41) is 5.92. The number of rotatable bonds is 9. The van der Waals surface area contributed by atoms with E-state index < -0.39 is 18.8 Å². The topological polar surface area (TPSA) is 126 Å². The van der Waals surface area contributed by atoms with Crippen molar-refractivity contribution in [2.45, 2.75) is 26.2 Å². The molecule has 11 nitrogen and oxygen atoms in total. The van der Waals surface area contributed by atoms with E-state index in [4.69, 9.17) is 13.9 Å². The number of ether oxygens (including phenoxy) is 2. The van der Waals surface area contributed by atoms with Gasteiger partial charge in [-0.25, -0.2) is 4.98 Å². The second kappa shape index (κ2) is 10.6. The first-order chi connectivity index (χ1) is 17.8. The summed E-state index contributed by atoms with van der Waals surface area (Å²) in [5.41, 5.74) is 2.18. The van der Waals surface area contributed by atoms with E-state index >= 15 is 0 Å². The molecule has 3 N–H and O–H groups in total. The van der Waals surface area contributed by atoms with Gasteiger partial charge in [0.2, 0.25) is 11.9 Å². The summed E-state index contributed by atoms with van der Waals surface area (Å²) in [6, 6.07) is 8.55. The van der Waals surface area contributed by atoms with E-state index in [2.05, 4.69) is 40.5 Å². The molecule has 1 fully saturated rings. The van der Waals surface area contributed by atoms with Crippen molar-refractivity contribution in [1.82, 2.24) is 29.8 Å². The predicted octanol–water partition coefficient (Wildman–Crippen LogP) is 3.78. The molecule has 0 radical (unpaired) electrons. The third-order valence-corrected chi connectivity index (χ3v) is 5.46. The van der Waals surface area contributed by atoms with E-state index in [9.17, 15) is 13.2 Å². The quantitative estimate of drug-likeness (QED) is 0.301. The Hall–Kier alpha value is -3.91. The van der Waals surface area contributed by atoms with Gasteiger partial charge in [0, 0.05) is 18.8 Å². The average Bonchev–Trinajstić information content (AvgIpc) is 3.46. The number of benzene rings is 1. The summed E-state index contributed by atoms with van der Waals surface area (Å²) < 4.78 is 53.8. The van der Waals surface area contributed by atoms with Crippen LogP contribution in [0.5, 0.6) is 6.01 Å². The molecule has 14 heteroatoms. The Morgan fingerprint density at radius 3 is 2.62 bits per heavy atom. The van der Waals surface area contributed by atoms with E-state index in [-0.39, 0.29) is 18.4 Å². The van der Waals surface area contributed by atoms with Crippen molar-refractivity contribution in [2.24, 2.45) is 0 Å². The van der Waals surface area contributed by atoms with E-state index in [1.165, 1.54) is 0 Å². The first kappa shape index (κ1) is 24.8. The highest BCUT2D eigenvalue weighted by molar-refractivity contribution is 5.80. The number of aryl methyl sites for hydroxylation is 1. The fourth-order valence-electron chi connectivity index (χ4n) is 3.76. The van der Waals surface area contributed by atoms with Crippen LogP contribution >= 0.6 is 0 Å². The number of nitrogens with one attached hydrogen (secondary N) is 3. The number of hydrogen-bond donors (Lipinski definition) is 3. The van der Waals surface area contributed by atoms with Crippen LogP contribution in [0.1, 0.15) is 17.3 Å². The lowest BCUT2D eigenvalue weighted by Crippen LogP contribution is -2.35. The minimum Gasteiger partial charge on any atom is -0.465 e. The van der Waals surface area contributed by atoms with Gasteiger partial charge in [0.1, 0.15) is 17.3 Å². The number of alkyl halides is 3. The van der Waals surface area contributed by atoms with Crippen LogP contribution in [0, 0.1) is 6.92 Å². The maximum absolute atomic E-state index is 12.7. The van der Waals surface area contributed by atoms with Crippen molar-refractivity contribution in [3.05, 3.63) is 47.7 Å². The molecule has 1 aromatic carbocycles. The smallest absolute Gasteiger partial charge is 0.422 e. The van der Waals surface area contributed by atoms with Gasteiger partial charge in [0.25, 0.3) is 0 Å². The zero-order valence-electron chi connectivity index (χ0n) is 19.9. The Kier molecular flexibility index (Phi) is 7.10. The van der Waals surface area contributed by atoms with Crippen molar-refractivity contribution in [3.63, 3.8) is 0 Å². The summed E-state index contributed by atoms with van der Waals surface area (Å²) in [5.74, 6) is 2.20. The predicted molar refractivity (Wildman–Crippen MR) is 128 cm³/mol. The number of halogens is 3. The van der Waals surface area contributed by atoms with Crippen LogP contribution in [0.3, 0.4) is 0 Å². The first-order valence-corrected chi connectivity index (χ1v) is 11.6. The van der Waals surface area contributed by atoms with Gasteiger partial charge in [-0.3, -0.25) is 4.90 Å². The van der Waals surface area contributed by atoms with Gasteiger partial charge in [-0.1, -0.05) is 0 Å². The number of anilines is 3. The van der Waals surface area contributed by atoms with Crippen LogP contribution in [0.25, 0.3) is 11.0 Å². The molecule has 3 aromatic heterocycles. The third-order valence-electron chi connectivity index (χ3n) is 5.46. The largest absolute Gasteiger partial charge is 0.465 e. The normalized spacial score (nSPS) is 14.7. The Morgan fingerprint density at radius 2 is 1.86 bits per heavy atom. The van der Waals surface area contributed by atoms with Crippen molar-refractivity contribution in [3.8, 4) is 6.01 Å². The lowest BCUT2D eigenvalue weighted by molar-refractivity contribution is -0.154. The molecule has 1 aliphatic heterocycles. The molecule has 0 unspecified atom stereocenters. The number of fused-ring (bicyclic) bond motifs is 1. The molecule has 0 aliphatic carbocycles. The molecular weight excluding hydrogens is 493 g/mol. The zero-order valence-corrected chi connectivity index (χ0v) is 19.9. The molecule has 4 heterocycles. The Morgan fingerprint density at radius 1 is 1.05 bits per heavy atom. The van der Waals surface area contributed by atoms with Crippen LogP contribution in [-0.4, -0.2) is 68.9 Å². The van der Waals surface area contributed by atoms with Gasteiger partial charge in [-0.2, -0.15) is 28.1 Å². The minimum atomic E-state index is -4.54. The van der Waals surface area contributed by atoms with Gasteiger partial charge in [0.15, 0.2) is 6.61 Å². The van der Waals surface area contributed by atoms with Gasteiger partial charge in [-0.05, 0) is 37.3 Å². The molecule has 196 valence electrons. The standard InChI is InChI=1S/C23H25F3N8O3/c1-14-2-4-16(37-14)11-27-20-31-21(33-22(32-20)36-13-23(24,25)26)28-15-3-5-17-18(10-15)30-19(29-17)12-34-6-8-35-9-7-34/h2-5,10H,6-9,11-13H2,1H3,(H,29,30)(H2,27,28,31,32,33). The van der Waals surface area contributed by atoms with E-state index in [1.807, 2.05) is 6.07 Å². The van der Waals surface area contributed by atoms with E-state index in [0.717, 1.165) is 35.7 Å². The van der Waals surface area contributed by atoms with Crippen LogP contribution in [0.15, 0.2) is 34.7 Å². The van der Waals surface area contributed by atoms with Crippen molar-refractivity contribution >= 4 is 28.6 Å². The fraction of sp³-hybridized carbons (Fsp3) is 0.391. The zero-order chi connectivity index (χ0) is 25.8. The van der Waals surface area contributed by atoms with Crippen LogP contribution in [-0.2, 0) is 17.8 Å². The van der Waals surface area contributed by atoms with E-state index in [1.54, 1.807) is 31.2 Å². The molecule has 5 rings (SSSR count). The summed E-state index contributed by atoms with van der Waals surface area (Å²) >= 11 is 0. The van der Waals surface area contributed by atoms with Crippen molar-refractivity contribution in [2.75, 3.05) is 43.5 Å². The van der Waals surface area contributed by atoms with Crippen molar-refractivity contribution < 1.29 is 27.1 Å². The first-order valence-electron chi connectivity index (χ1n) is 11.6. The summed E-state index contributed by atoms with van der Waals surface area (Å²) in [4.78, 5) is 22.4. The molecule has 1 saturated heterocycles.